The van der Waals surface area contributed by atoms with Crippen molar-refractivity contribution in [3.05, 3.63) is 29.8 Å². The number of benzene rings is 1. The minimum Gasteiger partial charge on any atom is -0.465 e. The fourth-order valence-corrected chi connectivity index (χ4v) is 4.92. The van der Waals surface area contributed by atoms with Crippen molar-refractivity contribution in [2.45, 2.75) is 26.3 Å². The Bertz CT molecular complexity index is 836. The van der Waals surface area contributed by atoms with Crippen LogP contribution in [0, 0.1) is 0 Å². The summed E-state index contributed by atoms with van der Waals surface area (Å²) in [5, 5.41) is 0. The highest BCUT2D eigenvalue weighted by Crippen LogP contribution is 2.20. The molecule has 1 aromatic rings. The zero-order valence-electron chi connectivity index (χ0n) is 15.7. The molecule has 1 aliphatic rings. The Morgan fingerprint density at radius 3 is 2.48 bits per heavy atom. The lowest BCUT2D eigenvalue weighted by Gasteiger charge is -2.30. The molecule has 0 N–H and O–H groups in total. The number of amides is 2. The second-order valence-corrected chi connectivity index (χ2v) is 8.61. The molecule has 1 atom stereocenters. The first-order chi connectivity index (χ1) is 12.7. The molecule has 148 valence electrons. The van der Waals surface area contributed by atoms with E-state index in [9.17, 15) is 22.8 Å². The average Bonchev–Trinajstić information content (AvgIpc) is 2.98. The molecule has 27 heavy (non-hydrogen) atoms. The van der Waals surface area contributed by atoms with Gasteiger partial charge in [0.25, 0.3) is 0 Å². The van der Waals surface area contributed by atoms with E-state index in [4.69, 9.17) is 0 Å². The highest BCUT2D eigenvalue weighted by atomic mass is 32.2. The van der Waals surface area contributed by atoms with E-state index in [1.54, 1.807) is 25.1 Å². The fourth-order valence-electron chi connectivity index (χ4n) is 3.19. The minimum atomic E-state index is -3.12. The van der Waals surface area contributed by atoms with Gasteiger partial charge in [-0.05, 0) is 31.5 Å². The molecule has 1 saturated heterocycles. The molecule has 1 aromatic carbocycles. The van der Waals surface area contributed by atoms with Crippen molar-refractivity contribution >= 4 is 33.3 Å². The normalized spacial score (nSPS) is 18.0. The molecule has 1 heterocycles. The third-order valence-electron chi connectivity index (χ3n) is 4.56. The maximum absolute atomic E-state index is 12.8. The summed E-state index contributed by atoms with van der Waals surface area (Å²) >= 11 is 0. The number of carbonyl (C=O) groups excluding carboxylic acids is 3. The first-order valence-electron chi connectivity index (χ1n) is 8.65. The molecule has 2 amide bonds. The number of ether oxygens (including phenoxy) is 1. The van der Waals surface area contributed by atoms with Gasteiger partial charge in [0.15, 0.2) is 9.84 Å². The van der Waals surface area contributed by atoms with Crippen LogP contribution < -0.4 is 4.90 Å². The van der Waals surface area contributed by atoms with Crippen molar-refractivity contribution < 1.29 is 27.5 Å². The molecule has 8 nitrogen and oxygen atoms in total. The number of rotatable bonds is 6. The number of hydrogen-bond acceptors (Lipinski definition) is 6. The number of carbonyl (C=O) groups is 3. The van der Waals surface area contributed by atoms with Crippen LogP contribution in [-0.4, -0.2) is 68.8 Å². The first kappa shape index (κ1) is 20.9. The van der Waals surface area contributed by atoms with E-state index in [2.05, 4.69) is 4.74 Å². The lowest BCUT2D eigenvalue weighted by molar-refractivity contribution is -0.132. The summed E-state index contributed by atoms with van der Waals surface area (Å²) in [6.07, 6.45) is 0.403. The lowest BCUT2D eigenvalue weighted by atomic mass is 10.1. The Morgan fingerprint density at radius 2 is 1.96 bits per heavy atom. The van der Waals surface area contributed by atoms with Crippen LogP contribution in [0.1, 0.15) is 30.6 Å². The second kappa shape index (κ2) is 8.51. The molecule has 1 fully saturated rings. The molecule has 0 saturated carbocycles. The summed E-state index contributed by atoms with van der Waals surface area (Å²) in [7, 11) is -1.86. The van der Waals surface area contributed by atoms with Crippen LogP contribution >= 0.6 is 0 Å². The van der Waals surface area contributed by atoms with Gasteiger partial charge >= 0.3 is 5.97 Å². The molecule has 1 aliphatic heterocycles. The molecule has 0 radical (unpaired) electrons. The molecule has 1 unspecified atom stereocenters. The van der Waals surface area contributed by atoms with E-state index in [0.717, 1.165) is 0 Å². The van der Waals surface area contributed by atoms with Gasteiger partial charge in [-0.25, -0.2) is 13.2 Å². The standard InChI is InChI=1S/C18H24N2O6S/c1-4-19(16-8-9-27(24,25)12-16)17(22)11-20(13(2)21)15-7-5-6-14(10-15)18(23)26-3/h5-7,10,16H,4,8-9,11-12H2,1-3H3. The average molecular weight is 396 g/mol. The van der Waals surface area contributed by atoms with Gasteiger partial charge in [0.1, 0.15) is 6.54 Å². The number of anilines is 1. The SMILES string of the molecule is CCN(C(=O)CN(C(C)=O)c1cccc(C(=O)OC)c1)C1CCS(=O)(=O)C1. The number of sulfone groups is 1. The largest absolute Gasteiger partial charge is 0.465 e. The number of methoxy groups -OCH3 is 1. The van der Waals surface area contributed by atoms with Gasteiger partial charge in [0.2, 0.25) is 11.8 Å². The van der Waals surface area contributed by atoms with Crippen molar-refractivity contribution in [3.63, 3.8) is 0 Å². The zero-order valence-corrected chi connectivity index (χ0v) is 16.5. The zero-order chi connectivity index (χ0) is 20.2. The van der Waals surface area contributed by atoms with Crippen LogP contribution in [0.5, 0.6) is 0 Å². The first-order valence-corrected chi connectivity index (χ1v) is 10.5. The summed E-state index contributed by atoms with van der Waals surface area (Å²) in [5.41, 5.74) is 0.664. The quantitative estimate of drug-likeness (QED) is 0.661. The van der Waals surface area contributed by atoms with E-state index >= 15 is 0 Å². The van der Waals surface area contributed by atoms with E-state index in [-0.39, 0.29) is 41.5 Å². The smallest absolute Gasteiger partial charge is 0.337 e. The van der Waals surface area contributed by atoms with Gasteiger partial charge in [-0.1, -0.05) is 6.07 Å². The van der Waals surface area contributed by atoms with Crippen LogP contribution in [0.2, 0.25) is 0 Å². The predicted octanol–water partition coefficient (Wildman–Crippen LogP) is 0.862. The topological polar surface area (TPSA) is 101 Å². The van der Waals surface area contributed by atoms with Crippen molar-refractivity contribution in [2.24, 2.45) is 0 Å². The predicted molar refractivity (Wildman–Crippen MR) is 100 cm³/mol. The van der Waals surface area contributed by atoms with Gasteiger partial charge < -0.3 is 14.5 Å². The molecule has 0 bridgehead atoms. The Labute approximate surface area is 159 Å². The lowest BCUT2D eigenvalue weighted by Crippen LogP contribution is -2.47. The van der Waals surface area contributed by atoms with Crippen LogP contribution in [-0.2, 0) is 24.2 Å². The van der Waals surface area contributed by atoms with E-state index in [0.29, 0.717) is 18.7 Å². The Hall–Kier alpha value is -2.42. The summed E-state index contributed by atoms with van der Waals surface area (Å²) in [6, 6.07) is 5.89. The van der Waals surface area contributed by atoms with Crippen molar-refractivity contribution in [1.29, 1.82) is 0 Å². The van der Waals surface area contributed by atoms with Gasteiger partial charge in [-0.15, -0.1) is 0 Å². The van der Waals surface area contributed by atoms with Crippen LogP contribution in [0.3, 0.4) is 0 Å². The molecule has 0 aromatic heterocycles. The van der Waals surface area contributed by atoms with E-state index in [1.165, 1.54) is 29.9 Å². The van der Waals surface area contributed by atoms with E-state index < -0.39 is 15.8 Å². The molecular weight excluding hydrogens is 372 g/mol. The number of nitrogens with zero attached hydrogens (tertiary/aromatic N) is 2. The number of likely N-dealkylation sites (N-methyl/N-ethyl adjacent to an activating group) is 1. The molecule has 9 heteroatoms. The van der Waals surface area contributed by atoms with Crippen LogP contribution in [0.4, 0.5) is 5.69 Å². The summed E-state index contributed by atoms with van der Waals surface area (Å²) in [4.78, 5) is 39.4. The second-order valence-electron chi connectivity index (χ2n) is 6.38. The summed E-state index contributed by atoms with van der Waals surface area (Å²) < 4.78 is 28.1. The summed E-state index contributed by atoms with van der Waals surface area (Å²) in [6.45, 7) is 3.23. The van der Waals surface area contributed by atoms with Gasteiger partial charge in [-0.3, -0.25) is 9.59 Å². The Morgan fingerprint density at radius 1 is 1.26 bits per heavy atom. The minimum absolute atomic E-state index is 0.0511. The molecule has 2 rings (SSSR count). The highest BCUT2D eigenvalue weighted by molar-refractivity contribution is 7.91. The van der Waals surface area contributed by atoms with Crippen LogP contribution in [0.25, 0.3) is 0 Å². The van der Waals surface area contributed by atoms with Gasteiger partial charge in [-0.2, -0.15) is 0 Å². The Kier molecular flexibility index (Phi) is 6.59. The van der Waals surface area contributed by atoms with Gasteiger partial charge in [0, 0.05) is 25.2 Å². The highest BCUT2D eigenvalue weighted by Gasteiger charge is 2.34. The molecule has 0 aliphatic carbocycles. The maximum atomic E-state index is 12.8. The third-order valence-corrected chi connectivity index (χ3v) is 6.31. The number of esters is 1. The summed E-state index contributed by atoms with van der Waals surface area (Å²) in [5.74, 6) is -1.22. The van der Waals surface area contributed by atoms with Crippen molar-refractivity contribution in [1.82, 2.24) is 4.90 Å². The van der Waals surface area contributed by atoms with Crippen molar-refractivity contribution in [2.75, 3.05) is 36.6 Å². The van der Waals surface area contributed by atoms with Gasteiger partial charge in [0.05, 0.1) is 24.2 Å². The number of hydrogen-bond donors (Lipinski definition) is 0. The third kappa shape index (κ3) is 5.06. The fraction of sp³-hybridized carbons (Fsp3) is 0.500. The monoisotopic (exact) mass is 396 g/mol. The maximum Gasteiger partial charge on any atom is 0.337 e. The van der Waals surface area contributed by atoms with E-state index in [1.807, 2.05) is 0 Å². The molecular formula is C18H24N2O6S. The van der Waals surface area contributed by atoms with Crippen LogP contribution in [0.15, 0.2) is 24.3 Å². The Balaban J connectivity index is 2.21. The molecule has 0 spiro atoms. The van der Waals surface area contributed by atoms with Crippen molar-refractivity contribution in [3.8, 4) is 0 Å².